The molecule has 1 heterocycles. The fourth-order valence-corrected chi connectivity index (χ4v) is 3.33. The highest BCUT2D eigenvalue weighted by atomic mass is 16.3. The van der Waals surface area contributed by atoms with Crippen LogP contribution in [0.25, 0.3) is 0 Å². The van der Waals surface area contributed by atoms with Crippen molar-refractivity contribution >= 4 is 0 Å². The molecule has 112 valence electrons. The number of benzene rings is 1. The van der Waals surface area contributed by atoms with Crippen LogP contribution < -0.4 is 5.32 Å². The van der Waals surface area contributed by atoms with Gasteiger partial charge in [0.15, 0.2) is 0 Å². The van der Waals surface area contributed by atoms with Crippen LogP contribution in [-0.4, -0.2) is 35.7 Å². The van der Waals surface area contributed by atoms with Crippen LogP contribution in [0.5, 0.6) is 5.75 Å². The van der Waals surface area contributed by atoms with E-state index in [0.29, 0.717) is 17.8 Å². The highest BCUT2D eigenvalue weighted by Crippen LogP contribution is 2.29. The summed E-state index contributed by atoms with van der Waals surface area (Å²) in [4.78, 5) is 2.67. The Morgan fingerprint density at radius 1 is 1.30 bits per heavy atom. The Labute approximate surface area is 123 Å². The van der Waals surface area contributed by atoms with Crippen molar-refractivity contribution in [1.82, 2.24) is 10.2 Å². The van der Waals surface area contributed by atoms with E-state index in [-0.39, 0.29) is 0 Å². The van der Waals surface area contributed by atoms with Gasteiger partial charge in [-0.3, -0.25) is 4.90 Å². The molecule has 1 aromatic rings. The summed E-state index contributed by atoms with van der Waals surface area (Å²) in [6, 6.07) is 8.86. The fourth-order valence-electron chi connectivity index (χ4n) is 3.33. The summed E-state index contributed by atoms with van der Waals surface area (Å²) in [6.45, 7) is 7.93. The number of hydrogen-bond acceptors (Lipinski definition) is 3. The fraction of sp³-hybridized carbons (Fsp3) is 0.647. The molecule has 1 aliphatic rings. The highest BCUT2D eigenvalue weighted by Gasteiger charge is 2.26. The third-order valence-electron chi connectivity index (χ3n) is 4.29. The van der Waals surface area contributed by atoms with Gasteiger partial charge in [0.2, 0.25) is 0 Å². The molecule has 1 aliphatic heterocycles. The van der Waals surface area contributed by atoms with Gasteiger partial charge in [-0.25, -0.2) is 0 Å². The molecule has 1 saturated heterocycles. The highest BCUT2D eigenvalue weighted by molar-refractivity contribution is 5.28. The molecular weight excluding hydrogens is 248 g/mol. The Balaban J connectivity index is 2.17. The maximum atomic E-state index is 9.48. The summed E-state index contributed by atoms with van der Waals surface area (Å²) in [7, 11) is 0. The topological polar surface area (TPSA) is 35.5 Å². The molecule has 3 heteroatoms. The number of rotatable bonds is 6. The van der Waals surface area contributed by atoms with E-state index in [1.165, 1.54) is 24.8 Å². The molecule has 20 heavy (non-hydrogen) atoms. The van der Waals surface area contributed by atoms with Crippen molar-refractivity contribution in [2.24, 2.45) is 0 Å². The SMILES string of the molecule is CCCN(C1CCCNC1)C(CC)c1ccc(O)cc1. The molecule has 2 unspecified atom stereocenters. The van der Waals surface area contributed by atoms with Crippen molar-refractivity contribution in [3.63, 3.8) is 0 Å². The van der Waals surface area contributed by atoms with E-state index >= 15 is 0 Å². The van der Waals surface area contributed by atoms with E-state index in [4.69, 9.17) is 0 Å². The van der Waals surface area contributed by atoms with E-state index in [0.717, 1.165) is 26.1 Å². The second-order valence-electron chi connectivity index (χ2n) is 5.75. The average Bonchev–Trinajstić information content (AvgIpc) is 2.50. The first-order chi connectivity index (χ1) is 9.76. The zero-order valence-corrected chi connectivity index (χ0v) is 12.8. The van der Waals surface area contributed by atoms with Gasteiger partial charge in [-0.2, -0.15) is 0 Å². The number of phenolic OH excluding ortho intramolecular Hbond substituents is 1. The zero-order chi connectivity index (χ0) is 14.4. The Morgan fingerprint density at radius 3 is 2.60 bits per heavy atom. The van der Waals surface area contributed by atoms with Crippen LogP contribution in [0.4, 0.5) is 0 Å². The summed E-state index contributed by atoms with van der Waals surface area (Å²) < 4.78 is 0. The first-order valence-corrected chi connectivity index (χ1v) is 8.01. The summed E-state index contributed by atoms with van der Waals surface area (Å²) >= 11 is 0. The smallest absolute Gasteiger partial charge is 0.115 e. The van der Waals surface area contributed by atoms with Gasteiger partial charge >= 0.3 is 0 Å². The lowest BCUT2D eigenvalue weighted by atomic mass is 9.97. The lowest BCUT2D eigenvalue weighted by Gasteiger charge is -2.40. The van der Waals surface area contributed by atoms with E-state index in [1.54, 1.807) is 12.1 Å². The third kappa shape index (κ3) is 3.74. The van der Waals surface area contributed by atoms with Gasteiger partial charge in [0.05, 0.1) is 0 Å². The summed E-state index contributed by atoms with van der Waals surface area (Å²) in [5.41, 5.74) is 1.32. The first-order valence-electron chi connectivity index (χ1n) is 8.01. The van der Waals surface area contributed by atoms with Crippen molar-refractivity contribution in [2.75, 3.05) is 19.6 Å². The van der Waals surface area contributed by atoms with Gasteiger partial charge in [-0.15, -0.1) is 0 Å². The van der Waals surface area contributed by atoms with Crippen molar-refractivity contribution in [3.8, 4) is 5.75 Å². The molecule has 0 spiro atoms. The zero-order valence-electron chi connectivity index (χ0n) is 12.8. The van der Waals surface area contributed by atoms with Gasteiger partial charge in [-0.05, 0) is 56.5 Å². The third-order valence-corrected chi connectivity index (χ3v) is 4.29. The Kier molecular flexibility index (Phi) is 5.86. The standard InChI is InChI=1S/C17H28N2O/c1-3-12-19(15-6-5-11-18-13-15)17(4-2)14-7-9-16(20)10-8-14/h7-10,15,17-18,20H,3-6,11-13H2,1-2H3. The minimum absolute atomic E-state index is 0.352. The van der Waals surface area contributed by atoms with Crippen LogP contribution in [0.2, 0.25) is 0 Å². The summed E-state index contributed by atoms with van der Waals surface area (Å²) in [5, 5.41) is 13.0. The van der Waals surface area contributed by atoms with Crippen molar-refractivity contribution in [1.29, 1.82) is 0 Å². The molecule has 2 rings (SSSR count). The molecular formula is C17H28N2O. The van der Waals surface area contributed by atoms with Gasteiger partial charge in [0, 0.05) is 18.6 Å². The largest absolute Gasteiger partial charge is 0.508 e. The van der Waals surface area contributed by atoms with Crippen molar-refractivity contribution < 1.29 is 5.11 Å². The van der Waals surface area contributed by atoms with Crippen LogP contribution in [0.3, 0.4) is 0 Å². The number of aromatic hydroxyl groups is 1. The molecule has 2 N–H and O–H groups in total. The molecule has 2 atom stereocenters. The number of nitrogens with one attached hydrogen (secondary N) is 1. The normalized spacial score (nSPS) is 21.1. The maximum absolute atomic E-state index is 9.48. The molecule has 1 fully saturated rings. The molecule has 0 aliphatic carbocycles. The number of nitrogens with zero attached hydrogens (tertiary/aromatic N) is 1. The van der Waals surface area contributed by atoms with Crippen LogP contribution >= 0.6 is 0 Å². The number of hydrogen-bond donors (Lipinski definition) is 2. The lowest BCUT2D eigenvalue weighted by Crippen LogP contribution is -2.47. The molecule has 3 nitrogen and oxygen atoms in total. The van der Waals surface area contributed by atoms with Crippen LogP contribution in [0.1, 0.15) is 51.1 Å². The van der Waals surface area contributed by atoms with E-state index in [1.807, 2.05) is 0 Å². The molecule has 0 radical (unpaired) electrons. The molecule has 0 aromatic heterocycles. The predicted octanol–water partition coefficient (Wildman–Crippen LogP) is 3.31. The average molecular weight is 276 g/mol. The van der Waals surface area contributed by atoms with Gasteiger partial charge < -0.3 is 10.4 Å². The molecule has 0 bridgehead atoms. The van der Waals surface area contributed by atoms with E-state index in [9.17, 15) is 5.11 Å². The minimum atomic E-state index is 0.352. The van der Waals surface area contributed by atoms with Crippen molar-refractivity contribution in [2.45, 2.75) is 51.6 Å². The van der Waals surface area contributed by atoms with Gasteiger partial charge in [0.1, 0.15) is 5.75 Å². The number of phenols is 1. The second-order valence-corrected chi connectivity index (χ2v) is 5.75. The molecule has 1 aromatic carbocycles. The van der Waals surface area contributed by atoms with Crippen molar-refractivity contribution in [3.05, 3.63) is 29.8 Å². The Morgan fingerprint density at radius 2 is 2.05 bits per heavy atom. The maximum Gasteiger partial charge on any atom is 0.115 e. The summed E-state index contributed by atoms with van der Waals surface area (Å²) in [5.74, 6) is 0.352. The minimum Gasteiger partial charge on any atom is -0.508 e. The van der Waals surface area contributed by atoms with Crippen LogP contribution in [-0.2, 0) is 0 Å². The lowest BCUT2D eigenvalue weighted by molar-refractivity contribution is 0.108. The molecule has 0 saturated carbocycles. The van der Waals surface area contributed by atoms with Gasteiger partial charge in [-0.1, -0.05) is 26.0 Å². The second kappa shape index (κ2) is 7.65. The summed E-state index contributed by atoms with van der Waals surface area (Å²) in [6.07, 6.45) is 4.87. The Bertz CT molecular complexity index is 384. The van der Waals surface area contributed by atoms with E-state index < -0.39 is 0 Å². The quantitative estimate of drug-likeness (QED) is 0.837. The van der Waals surface area contributed by atoms with Crippen LogP contribution in [0, 0.1) is 0 Å². The first kappa shape index (κ1) is 15.3. The predicted molar refractivity (Wildman–Crippen MR) is 84.0 cm³/mol. The number of piperidine rings is 1. The monoisotopic (exact) mass is 276 g/mol. The van der Waals surface area contributed by atoms with Gasteiger partial charge in [0.25, 0.3) is 0 Å². The molecule has 0 amide bonds. The van der Waals surface area contributed by atoms with E-state index in [2.05, 4.69) is 36.2 Å². The Hall–Kier alpha value is -1.06. The van der Waals surface area contributed by atoms with Crippen LogP contribution in [0.15, 0.2) is 24.3 Å².